The van der Waals surface area contributed by atoms with Gasteiger partial charge in [0.1, 0.15) is 5.52 Å². The summed E-state index contributed by atoms with van der Waals surface area (Å²) >= 11 is 0. The van der Waals surface area contributed by atoms with Crippen molar-refractivity contribution in [3.05, 3.63) is 83.9 Å². The van der Waals surface area contributed by atoms with E-state index >= 15 is 0 Å². The number of nitrogens with zero attached hydrogens (tertiary/aromatic N) is 1. The van der Waals surface area contributed by atoms with Gasteiger partial charge in [-0.15, -0.1) is 0 Å². The van der Waals surface area contributed by atoms with E-state index < -0.39 is 5.97 Å². The maximum Gasteiger partial charge on any atom is 0.337 e. The van der Waals surface area contributed by atoms with E-state index in [0.717, 1.165) is 16.7 Å². The van der Waals surface area contributed by atoms with Gasteiger partial charge in [0.15, 0.2) is 5.58 Å². The Morgan fingerprint density at radius 1 is 0.893 bits per heavy atom. The topological polar surface area (TPSA) is 81.4 Å². The lowest BCUT2D eigenvalue weighted by Gasteiger charge is -2.06. The van der Waals surface area contributed by atoms with Gasteiger partial charge < -0.3 is 14.5 Å². The van der Waals surface area contributed by atoms with Crippen LogP contribution in [-0.2, 0) is 4.74 Å². The second-order valence-electron chi connectivity index (χ2n) is 6.09. The molecule has 1 amide bonds. The molecule has 0 radical (unpaired) electrons. The number of ether oxygens (including phenoxy) is 1. The summed E-state index contributed by atoms with van der Waals surface area (Å²) in [6, 6.07) is 21.1. The number of hydrogen-bond donors (Lipinski definition) is 1. The highest BCUT2D eigenvalue weighted by atomic mass is 16.5. The quantitative estimate of drug-likeness (QED) is 0.532. The number of methoxy groups -OCH3 is 1. The zero-order valence-corrected chi connectivity index (χ0v) is 15.0. The number of carbonyl (C=O) groups is 2. The molecule has 1 N–H and O–H groups in total. The second-order valence-corrected chi connectivity index (χ2v) is 6.09. The van der Waals surface area contributed by atoms with E-state index in [1.54, 1.807) is 36.4 Å². The molecule has 0 unspecified atom stereocenters. The summed E-state index contributed by atoms with van der Waals surface area (Å²) in [6.07, 6.45) is 0. The lowest BCUT2D eigenvalue weighted by atomic mass is 10.1. The largest absolute Gasteiger partial charge is 0.465 e. The Kier molecular flexibility index (Phi) is 4.60. The number of nitrogens with one attached hydrogen (secondary N) is 1. The lowest BCUT2D eigenvalue weighted by Crippen LogP contribution is -2.12. The lowest BCUT2D eigenvalue weighted by molar-refractivity contribution is 0.0600. The van der Waals surface area contributed by atoms with Crippen LogP contribution < -0.4 is 5.32 Å². The van der Waals surface area contributed by atoms with Gasteiger partial charge in [-0.3, -0.25) is 4.79 Å². The van der Waals surface area contributed by atoms with Gasteiger partial charge in [-0.05, 0) is 60.7 Å². The van der Waals surface area contributed by atoms with Gasteiger partial charge in [-0.2, -0.15) is 0 Å². The Morgan fingerprint density at radius 2 is 1.57 bits per heavy atom. The maximum absolute atomic E-state index is 12.4. The standard InChI is InChI=1S/C22H16N2O4/c1-27-22(26)16-8-6-14(7-9-16)20(25)23-17-12-10-15(11-13-17)21-24-18-4-2-3-5-19(18)28-21/h2-13H,1H3,(H,23,25). The molecule has 6 heteroatoms. The molecule has 0 saturated carbocycles. The van der Waals surface area contributed by atoms with Crippen molar-refractivity contribution in [2.24, 2.45) is 0 Å². The van der Waals surface area contributed by atoms with Crippen molar-refractivity contribution < 1.29 is 18.7 Å². The zero-order valence-electron chi connectivity index (χ0n) is 15.0. The van der Waals surface area contributed by atoms with Gasteiger partial charge in [0, 0.05) is 16.8 Å². The number of esters is 1. The van der Waals surface area contributed by atoms with Crippen molar-refractivity contribution in [1.29, 1.82) is 0 Å². The Balaban J connectivity index is 1.48. The van der Waals surface area contributed by atoms with Gasteiger partial charge in [0.2, 0.25) is 5.89 Å². The van der Waals surface area contributed by atoms with Crippen LogP contribution >= 0.6 is 0 Å². The number of amides is 1. The molecule has 0 aliphatic carbocycles. The highest BCUT2D eigenvalue weighted by molar-refractivity contribution is 6.04. The molecule has 138 valence electrons. The Morgan fingerprint density at radius 3 is 2.25 bits per heavy atom. The Labute approximate surface area is 160 Å². The average molecular weight is 372 g/mol. The number of carbonyl (C=O) groups excluding carboxylic acids is 2. The number of anilines is 1. The molecule has 1 heterocycles. The number of benzene rings is 3. The molecular weight excluding hydrogens is 356 g/mol. The first-order valence-corrected chi connectivity index (χ1v) is 8.60. The first-order valence-electron chi connectivity index (χ1n) is 8.60. The normalized spacial score (nSPS) is 10.6. The van der Waals surface area contributed by atoms with E-state index in [1.807, 2.05) is 36.4 Å². The molecular formula is C22H16N2O4. The minimum Gasteiger partial charge on any atom is -0.465 e. The third-order valence-corrected chi connectivity index (χ3v) is 4.25. The van der Waals surface area contributed by atoms with Gasteiger partial charge in [-0.1, -0.05) is 12.1 Å². The molecule has 0 spiro atoms. The molecule has 0 aliphatic heterocycles. The van der Waals surface area contributed by atoms with Crippen molar-refractivity contribution in [3.63, 3.8) is 0 Å². The third kappa shape index (κ3) is 3.48. The summed E-state index contributed by atoms with van der Waals surface area (Å²) in [4.78, 5) is 28.3. The van der Waals surface area contributed by atoms with Crippen molar-refractivity contribution in [3.8, 4) is 11.5 Å². The minimum atomic E-state index is -0.443. The predicted molar refractivity (Wildman–Crippen MR) is 105 cm³/mol. The van der Waals surface area contributed by atoms with Gasteiger partial charge in [-0.25, -0.2) is 9.78 Å². The first kappa shape index (κ1) is 17.5. The molecule has 0 bridgehead atoms. The summed E-state index contributed by atoms with van der Waals surface area (Å²) in [5.41, 5.74) is 3.81. The van der Waals surface area contributed by atoms with Crippen molar-refractivity contribution >= 4 is 28.7 Å². The number of para-hydroxylation sites is 2. The fourth-order valence-corrected chi connectivity index (χ4v) is 2.77. The molecule has 0 atom stereocenters. The maximum atomic E-state index is 12.4. The first-order chi connectivity index (χ1) is 13.6. The molecule has 0 fully saturated rings. The number of oxazole rings is 1. The molecule has 4 aromatic rings. The van der Waals surface area contributed by atoms with Crippen LogP contribution in [0.2, 0.25) is 0 Å². The Bertz CT molecular complexity index is 1110. The average Bonchev–Trinajstić information content (AvgIpc) is 3.18. The van der Waals surface area contributed by atoms with Crippen LogP contribution in [0.25, 0.3) is 22.6 Å². The smallest absolute Gasteiger partial charge is 0.337 e. The predicted octanol–water partition coefficient (Wildman–Crippen LogP) is 4.53. The summed E-state index contributed by atoms with van der Waals surface area (Å²) in [5.74, 6) is -0.190. The monoisotopic (exact) mass is 372 g/mol. The third-order valence-electron chi connectivity index (χ3n) is 4.25. The van der Waals surface area contributed by atoms with Crippen molar-refractivity contribution in [1.82, 2.24) is 4.98 Å². The molecule has 1 aromatic heterocycles. The summed E-state index contributed by atoms with van der Waals surface area (Å²) in [7, 11) is 1.31. The number of aromatic nitrogens is 1. The van der Waals surface area contributed by atoms with Crippen LogP contribution in [0.5, 0.6) is 0 Å². The Hall–Kier alpha value is -3.93. The van der Waals surface area contributed by atoms with E-state index in [4.69, 9.17) is 4.42 Å². The van der Waals surface area contributed by atoms with E-state index in [1.165, 1.54) is 7.11 Å². The number of hydrogen-bond acceptors (Lipinski definition) is 5. The number of rotatable bonds is 4. The van der Waals surface area contributed by atoms with Crippen LogP contribution in [-0.4, -0.2) is 24.0 Å². The highest BCUT2D eigenvalue weighted by Gasteiger charge is 2.11. The second kappa shape index (κ2) is 7.36. The number of fused-ring (bicyclic) bond motifs is 1. The van der Waals surface area contributed by atoms with E-state index in [9.17, 15) is 9.59 Å². The summed E-state index contributed by atoms with van der Waals surface area (Å²) < 4.78 is 10.4. The van der Waals surface area contributed by atoms with Crippen LogP contribution in [0, 0.1) is 0 Å². The fourth-order valence-electron chi connectivity index (χ4n) is 2.77. The van der Waals surface area contributed by atoms with Gasteiger partial charge >= 0.3 is 5.97 Å². The van der Waals surface area contributed by atoms with Gasteiger partial charge in [0.05, 0.1) is 12.7 Å². The van der Waals surface area contributed by atoms with Crippen molar-refractivity contribution in [2.75, 3.05) is 12.4 Å². The molecule has 28 heavy (non-hydrogen) atoms. The molecule has 6 nitrogen and oxygen atoms in total. The van der Waals surface area contributed by atoms with Crippen LogP contribution in [0.15, 0.2) is 77.2 Å². The highest BCUT2D eigenvalue weighted by Crippen LogP contribution is 2.25. The van der Waals surface area contributed by atoms with E-state index in [0.29, 0.717) is 22.7 Å². The minimum absolute atomic E-state index is 0.272. The fraction of sp³-hybridized carbons (Fsp3) is 0.0455. The molecule has 3 aromatic carbocycles. The van der Waals surface area contributed by atoms with Crippen LogP contribution in [0.4, 0.5) is 5.69 Å². The van der Waals surface area contributed by atoms with Crippen LogP contribution in [0.1, 0.15) is 20.7 Å². The van der Waals surface area contributed by atoms with E-state index in [2.05, 4.69) is 15.0 Å². The van der Waals surface area contributed by atoms with E-state index in [-0.39, 0.29) is 5.91 Å². The summed E-state index contributed by atoms with van der Waals surface area (Å²) in [6.45, 7) is 0. The zero-order chi connectivity index (χ0) is 19.5. The van der Waals surface area contributed by atoms with Crippen LogP contribution in [0.3, 0.4) is 0 Å². The molecule has 4 rings (SSSR count). The molecule has 0 aliphatic rings. The van der Waals surface area contributed by atoms with Crippen molar-refractivity contribution in [2.45, 2.75) is 0 Å². The van der Waals surface area contributed by atoms with Gasteiger partial charge in [0.25, 0.3) is 5.91 Å². The molecule has 0 saturated heterocycles. The summed E-state index contributed by atoms with van der Waals surface area (Å²) in [5, 5.41) is 2.82. The SMILES string of the molecule is COC(=O)c1ccc(C(=O)Nc2ccc(-c3nc4ccccc4o3)cc2)cc1.